The van der Waals surface area contributed by atoms with Crippen LogP contribution < -0.4 is 4.74 Å². The van der Waals surface area contributed by atoms with Crippen molar-refractivity contribution in [3.63, 3.8) is 0 Å². The molecule has 138 valence electrons. The van der Waals surface area contributed by atoms with Crippen molar-refractivity contribution < 1.29 is 14.6 Å². The molecule has 2 aliphatic heterocycles. The zero-order valence-corrected chi connectivity index (χ0v) is 15.3. The molecule has 4 heteroatoms. The Morgan fingerprint density at radius 3 is 2.31 bits per heavy atom. The van der Waals surface area contributed by atoms with E-state index in [1.54, 1.807) is 7.11 Å². The van der Waals surface area contributed by atoms with Gasteiger partial charge in [-0.2, -0.15) is 0 Å². The fraction of sp³-hybridized carbons (Fsp3) is 0.455. The predicted molar refractivity (Wildman–Crippen MR) is 101 cm³/mol. The van der Waals surface area contributed by atoms with Crippen LogP contribution in [0, 0.1) is 0 Å². The molecule has 1 N–H and O–H groups in total. The molecule has 2 aromatic carbocycles. The second-order valence-electron chi connectivity index (χ2n) is 7.54. The highest BCUT2D eigenvalue weighted by atomic mass is 16.5. The third-order valence-corrected chi connectivity index (χ3v) is 5.90. The van der Waals surface area contributed by atoms with Crippen LogP contribution in [0.25, 0.3) is 0 Å². The van der Waals surface area contributed by atoms with Gasteiger partial charge >= 0.3 is 0 Å². The Bertz CT molecular complexity index is 708. The summed E-state index contributed by atoms with van der Waals surface area (Å²) in [7, 11) is 1.72. The molecule has 0 radical (unpaired) electrons. The maximum absolute atomic E-state index is 11.0. The Morgan fingerprint density at radius 1 is 1.00 bits per heavy atom. The summed E-state index contributed by atoms with van der Waals surface area (Å²) in [5.41, 5.74) is 0.642. The number of ether oxygens (including phenoxy) is 2. The number of methoxy groups -OCH3 is 1. The molecule has 5 rings (SSSR count). The third kappa shape index (κ3) is 3.50. The van der Waals surface area contributed by atoms with Crippen LogP contribution in [-0.4, -0.2) is 41.4 Å². The number of para-hydroxylation sites is 1. The van der Waals surface area contributed by atoms with Gasteiger partial charge in [0.1, 0.15) is 11.5 Å². The summed E-state index contributed by atoms with van der Waals surface area (Å²) in [6, 6.07) is 18.7. The first kappa shape index (κ1) is 17.5. The lowest BCUT2D eigenvalue weighted by molar-refractivity contribution is -0.162. The van der Waals surface area contributed by atoms with Gasteiger partial charge in [0.15, 0.2) is 0 Å². The van der Waals surface area contributed by atoms with E-state index in [0.29, 0.717) is 12.6 Å². The molecule has 0 amide bonds. The zero-order valence-electron chi connectivity index (χ0n) is 15.3. The van der Waals surface area contributed by atoms with Crippen LogP contribution in [0.15, 0.2) is 54.6 Å². The van der Waals surface area contributed by atoms with Gasteiger partial charge in [-0.05, 0) is 55.5 Å². The topological polar surface area (TPSA) is 41.9 Å². The molecule has 4 nitrogen and oxygen atoms in total. The van der Waals surface area contributed by atoms with Crippen molar-refractivity contribution in [2.45, 2.75) is 49.9 Å². The lowest BCUT2D eigenvalue weighted by Crippen LogP contribution is -2.65. The van der Waals surface area contributed by atoms with Crippen molar-refractivity contribution in [1.82, 2.24) is 4.90 Å². The number of hydrogen-bond acceptors (Lipinski definition) is 4. The van der Waals surface area contributed by atoms with Gasteiger partial charge in [0, 0.05) is 19.7 Å². The second-order valence-corrected chi connectivity index (χ2v) is 7.54. The first-order valence-corrected chi connectivity index (χ1v) is 9.47. The molecule has 3 fully saturated rings. The fourth-order valence-corrected chi connectivity index (χ4v) is 4.48. The summed E-state index contributed by atoms with van der Waals surface area (Å²) in [5.74, 6) is 1.68. The molecule has 1 atom stereocenters. The van der Waals surface area contributed by atoms with Gasteiger partial charge in [0.05, 0.1) is 18.2 Å². The SMILES string of the molecule is COCC1N(Cc2ccc(Oc3ccccc3)cc2)C2CCC1(O)CC2. The van der Waals surface area contributed by atoms with Gasteiger partial charge in [-0.1, -0.05) is 30.3 Å². The van der Waals surface area contributed by atoms with E-state index in [-0.39, 0.29) is 6.04 Å². The molecule has 0 aromatic heterocycles. The minimum atomic E-state index is -0.596. The summed E-state index contributed by atoms with van der Waals surface area (Å²) < 4.78 is 11.3. The van der Waals surface area contributed by atoms with E-state index in [1.807, 2.05) is 42.5 Å². The van der Waals surface area contributed by atoms with Crippen molar-refractivity contribution in [1.29, 1.82) is 0 Å². The molecule has 3 aliphatic rings. The number of benzene rings is 2. The number of hydrogen-bond donors (Lipinski definition) is 1. The van der Waals surface area contributed by atoms with Crippen LogP contribution in [0.1, 0.15) is 31.2 Å². The van der Waals surface area contributed by atoms with E-state index in [4.69, 9.17) is 9.47 Å². The highest BCUT2D eigenvalue weighted by molar-refractivity contribution is 5.33. The van der Waals surface area contributed by atoms with Gasteiger partial charge in [0.2, 0.25) is 0 Å². The average molecular weight is 353 g/mol. The monoisotopic (exact) mass is 353 g/mol. The van der Waals surface area contributed by atoms with Crippen LogP contribution in [0.2, 0.25) is 0 Å². The molecule has 2 saturated heterocycles. The minimum absolute atomic E-state index is 0.0836. The molecular weight excluding hydrogens is 326 g/mol. The number of aliphatic hydroxyl groups is 1. The smallest absolute Gasteiger partial charge is 0.127 e. The Kier molecular flexibility index (Phi) is 4.98. The summed E-state index contributed by atoms with van der Waals surface area (Å²) >= 11 is 0. The van der Waals surface area contributed by atoms with E-state index in [2.05, 4.69) is 17.0 Å². The van der Waals surface area contributed by atoms with Crippen LogP contribution >= 0.6 is 0 Å². The van der Waals surface area contributed by atoms with Gasteiger partial charge in [0.25, 0.3) is 0 Å². The molecule has 26 heavy (non-hydrogen) atoms. The molecule has 1 unspecified atom stereocenters. The van der Waals surface area contributed by atoms with E-state index >= 15 is 0 Å². The van der Waals surface area contributed by atoms with Gasteiger partial charge in [-0.3, -0.25) is 4.90 Å². The van der Waals surface area contributed by atoms with Gasteiger partial charge < -0.3 is 14.6 Å². The van der Waals surface area contributed by atoms with E-state index in [1.165, 1.54) is 5.56 Å². The largest absolute Gasteiger partial charge is 0.457 e. The predicted octanol–water partition coefficient (Wildman–Crippen LogP) is 3.98. The van der Waals surface area contributed by atoms with E-state index in [0.717, 1.165) is 43.7 Å². The zero-order chi connectivity index (χ0) is 18.0. The fourth-order valence-electron chi connectivity index (χ4n) is 4.48. The van der Waals surface area contributed by atoms with Crippen LogP contribution in [0.3, 0.4) is 0 Å². The summed E-state index contributed by atoms with van der Waals surface area (Å²) in [5, 5.41) is 11.0. The van der Waals surface area contributed by atoms with E-state index in [9.17, 15) is 5.11 Å². The van der Waals surface area contributed by atoms with Crippen LogP contribution in [0.4, 0.5) is 0 Å². The third-order valence-electron chi connectivity index (χ3n) is 5.90. The molecule has 2 bridgehead atoms. The van der Waals surface area contributed by atoms with Crippen molar-refractivity contribution in [2.75, 3.05) is 13.7 Å². The molecule has 1 saturated carbocycles. The maximum Gasteiger partial charge on any atom is 0.127 e. The standard InChI is InChI=1S/C22H27NO3/c1-25-16-21-22(24)13-11-18(12-14-22)23(21)15-17-7-9-20(10-8-17)26-19-5-3-2-4-6-19/h2-10,18,21,24H,11-16H2,1H3. The van der Waals surface area contributed by atoms with E-state index < -0.39 is 5.60 Å². The highest BCUT2D eigenvalue weighted by Crippen LogP contribution is 2.43. The van der Waals surface area contributed by atoms with Crippen LogP contribution in [0.5, 0.6) is 11.5 Å². The molecule has 2 heterocycles. The first-order valence-electron chi connectivity index (χ1n) is 9.47. The Labute approximate surface area is 155 Å². The Hall–Kier alpha value is -1.88. The van der Waals surface area contributed by atoms with Crippen LogP contribution in [-0.2, 0) is 11.3 Å². The van der Waals surface area contributed by atoms with Gasteiger partial charge in [-0.25, -0.2) is 0 Å². The van der Waals surface area contributed by atoms with Crippen molar-refractivity contribution in [3.05, 3.63) is 60.2 Å². The normalized spacial score (nSPS) is 28.2. The molecule has 1 aliphatic carbocycles. The van der Waals surface area contributed by atoms with Crippen molar-refractivity contribution in [3.8, 4) is 11.5 Å². The second kappa shape index (κ2) is 7.39. The summed E-state index contributed by atoms with van der Waals surface area (Å²) in [4.78, 5) is 2.45. The van der Waals surface area contributed by atoms with Gasteiger partial charge in [-0.15, -0.1) is 0 Å². The Balaban J connectivity index is 1.46. The Morgan fingerprint density at radius 2 is 1.65 bits per heavy atom. The lowest BCUT2D eigenvalue weighted by Gasteiger charge is -2.56. The quantitative estimate of drug-likeness (QED) is 0.853. The minimum Gasteiger partial charge on any atom is -0.457 e. The summed E-state index contributed by atoms with van der Waals surface area (Å²) in [6.45, 7) is 1.43. The number of piperidine rings is 2. The summed E-state index contributed by atoms with van der Waals surface area (Å²) in [6.07, 6.45) is 3.94. The number of rotatable bonds is 6. The average Bonchev–Trinajstić information content (AvgIpc) is 2.67. The first-order chi connectivity index (χ1) is 12.7. The molecule has 0 spiro atoms. The maximum atomic E-state index is 11.0. The molecular formula is C22H27NO3. The van der Waals surface area contributed by atoms with Crippen molar-refractivity contribution in [2.24, 2.45) is 0 Å². The lowest BCUT2D eigenvalue weighted by atomic mass is 9.71. The van der Waals surface area contributed by atoms with Crippen molar-refractivity contribution >= 4 is 0 Å². The number of fused-ring (bicyclic) bond motifs is 3. The highest BCUT2D eigenvalue weighted by Gasteiger charge is 2.50. The molecule has 2 aromatic rings. The number of nitrogens with zero attached hydrogens (tertiary/aromatic N) is 1.